The monoisotopic (exact) mass is 406 g/mol. The van der Waals surface area contributed by atoms with E-state index in [0.717, 1.165) is 16.7 Å². The average Bonchev–Trinajstić information content (AvgIpc) is 2.59. The van der Waals surface area contributed by atoms with Gasteiger partial charge in [0.15, 0.2) is 0 Å². The lowest BCUT2D eigenvalue weighted by molar-refractivity contribution is -0.121. The lowest BCUT2D eigenvalue weighted by Gasteiger charge is -2.28. The third-order valence-corrected chi connectivity index (χ3v) is 6.29. The Balaban J connectivity index is 1.97. The van der Waals surface area contributed by atoms with Crippen molar-refractivity contribution in [3.05, 3.63) is 59.7 Å². The minimum absolute atomic E-state index is 0.313. The first-order chi connectivity index (χ1) is 12.7. The van der Waals surface area contributed by atoms with Gasteiger partial charge < -0.3 is 5.32 Å². The predicted octanol–water partition coefficient (Wildman–Crippen LogP) is 3.37. The summed E-state index contributed by atoms with van der Waals surface area (Å²) in [6.07, 6.45) is 1.12. The molecule has 0 aliphatic rings. The van der Waals surface area contributed by atoms with Gasteiger partial charge >= 0.3 is 0 Å². The lowest BCUT2D eigenvalue weighted by atomic mass is 10.2. The molecule has 2 aromatic rings. The van der Waals surface area contributed by atoms with E-state index in [1.54, 1.807) is 36.9 Å². The van der Waals surface area contributed by atoms with Gasteiger partial charge in [-0.25, -0.2) is 8.42 Å². The van der Waals surface area contributed by atoms with Crippen LogP contribution < -0.4 is 9.62 Å². The van der Waals surface area contributed by atoms with Crippen LogP contribution in [0.5, 0.6) is 0 Å². The van der Waals surface area contributed by atoms with Crippen LogP contribution in [0.25, 0.3) is 0 Å². The molecule has 0 heterocycles. The normalized spacial score (nSPS) is 12.4. The number of hydrogen-bond donors (Lipinski definition) is 1. The smallest absolute Gasteiger partial charge is 0.243 e. The fourth-order valence-electron chi connectivity index (χ4n) is 2.70. The molecule has 27 heavy (non-hydrogen) atoms. The van der Waals surface area contributed by atoms with E-state index in [-0.39, 0.29) is 5.91 Å². The second-order valence-corrected chi connectivity index (χ2v) is 9.55. The van der Waals surface area contributed by atoms with Crippen molar-refractivity contribution in [2.75, 3.05) is 22.9 Å². The van der Waals surface area contributed by atoms with Gasteiger partial charge in [0.1, 0.15) is 6.04 Å². The summed E-state index contributed by atoms with van der Waals surface area (Å²) in [6, 6.07) is 14.5. The second kappa shape index (κ2) is 9.28. The van der Waals surface area contributed by atoms with Crippen molar-refractivity contribution in [3.63, 3.8) is 0 Å². The Morgan fingerprint density at radius 3 is 2.37 bits per heavy atom. The van der Waals surface area contributed by atoms with Crippen LogP contribution in [0.3, 0.4) is 0 Å². The molecule has 0 aliphatic carbocycles. The van der Waals surface area contributed by atoms with E-state index < -0.39 is 16.1 Å². The number of anilines is 1. The largest absolute Gasteiger partial charge is 0.353 e. The summed E-state index contributed by atoms with van der Waals surface area (Å²) in [5, 5.41) is 2.84. The highest BCUT2D eigenvalue weighted by Crippen LogP contribution is 2.22. The molecule has 146 valence electrons. The van der Waals surface area contributed by atoms with Crippen molar-refractivity contribution in [1.29, 1.82) is 0 Å². The Morgan fingerprint density at radius 1 is 1.11 bits per heavy atom. The highest BCUT2D eigenvalue weighted by atomic mass is 32.2. The van der Waals surface area contributed by atoms with Crippen molar-refractivity contribution in [3.8, 4) is 0 Å². The van der Waals surface area contributed by atoms with E-state index >= 15 is 0 Å². The molecule has 2 aromatic carbocycles. The van der Waals surface area contributed by atoms with Gasteiger partial charge in [0.05, 0.1) is 11.9 Å². The first-order valence-electron chi connectivity index (χ1n) is 8.72. The summed E-state index contributed by atoms with van der Waals surface area (Å²) in [5.41, 5.74) is 2.64. The van der Waals surface area contributed by atoms with E-state index in [9.17, 15) is 13.2 Å². The highest BCUT2D eigenvalue weighted by molar-refractivity contribution is 7.99. The quantitative estimate of drug-likeness (QED) is 0.539. The van der Waals surface area contributed by atoms with E-state index in [1.807, 2.05) is 32.0 Å². The molecular weight excluding hydrogens is 380 g/mol. The fraction of sp³-hybridized carbons (Fsp3) is 0.350. The zero-order valence-electron chi connectivity index (χ0n) is 16.1. The molecule has 0 fully saturated rings. The van der Waals surface area contributed by atoms with Crippen LogP contribution >= 0.6 is 11.8 Å². The maximum absolute atomic E-state index is 12.5. The van der Waals surface area contributed by atoms with Crippen molar-refractivity contribution in [1.82, 2.24) is 5.32 Å². The van der Waals surface area contributed by atoms with Gasteiger partial charge in [-0.15, -0.1) is 11.8 Å². The molecule has 0 spiro atoms. The third kappa shape index (κ3) is 6.29. The van der Waals surface area contributed by atoms with Gasteiger partial charge in [0.25, 0.3) is 0 Å². The number of nitrogens with zero attached hydrogens (tertiary/aromatic N) is 1. The van der Waals surface area contributed by atoms with E-state index in [4.69, 9.17) is 0 Å². The summed E-state index contributed by atoms with van der Waals surface area (Å²) < 4.78 is 25.7. The number of nitrogens with one attached hydrogen (secondary N) is 1. The molecule has 2 rings (SSSR count). The molecule has 1 N–H and O–H groups in total. The highest BCUT2D eigenvalue weighted by Gasteiger charge is 2.28. The number of sulfonamides is 1. The third-order valence-electron chi connectivity index (χ3n) is 4.04. The Morgan fingerprint density at radius 2 is 1.78 bits per heavy atom. The lowest BCUT2D eigenvalue weighted by Crippen LogP contribution is -2.48. The Hall–Kier alpha value is -1.99. The number of carbonyl (C=O) groups excluding carboxylic acids is 1. The molecule has 7 heteroatoms. The van der Waals surface area contributed by atoms with Crippen LogP contribution in [-0.2, 0) is 14.8 Å². The molecule has 0 radical (unpaired) electrons. The Kier molecular flexibility index (Phi) is 7.33. The van der Waals surface area contributed by atoms with E-state index in [2.05, 4.69) is 17.4 Å². The van der Waals surface area contributed by atoms with Crippen LogP contribution in [0.2, 0.25) is 0 Å². The van der Waals surface area contributed by atoms with Crippen LogP contribution in [-0.4, -0.2) is 38.9 Å². The molecule has 0 saturated heterocycles. The van der Waals surface area contributed by atoms with Gasteiger partial charge in [0, 0.05) is 17.2 Å². The maximum atomic E-state index is 12.5. The van der Waals surface area contributed by atoms with Gasteiger partial charge in [0.2, 0.25) is 15.9 Å². The number of thioether (sulfide) groups is 1. The summed E-state index contributed by atoms with van der Waals surface area (Å²) in [4.78, 5) is 13.7. The summed E-state index contributed by atoms with van der Waals surface area (Å²) in [5.74, 6) is 0.400. The van der Waals surface area contributed by atoms with Crippen molar-refractivity contribution in [2.45, 2.75) is 31.7 Å². The number of benzene rings is 2. The molecule has 0 aromatic heterocycles. The zero-order chi connectivity index (χ0) is 20.0. The van der Waals surface area contributed by atoms with Gasteiger partial charge in [-0.1, -0.05) is 29.8 Å². The molecule has 0 aliphatic heterocycles. The topological polar surface area (TPSA) is 66.5 Å². The van der Waals surface area contributed by atoms with Crippen molar-refractivity contribution < 1.29 is 13.2 Å². The molecule has 1 atom stereocenters. The number of rotatable bonds is 8. The minimum Gasteiger partial charge on any atom is -0.353 e. The number of hydrogen-bond acceptors (Lipinski definition) is 4. The zero-order valence-corrected chi connectivity index (χ0v) is 17.7. The second-order valence-electron chi connectivity index (χ2n) is 6.53. The average molecular weight is 407 g/mol. The molecule has 0 bridgehead atoms. The molecular formula is C20H26N2O3S2. The molecule has 0 saturated carbocycles. The molecule has 5 nitrogen and oxygen atoms in total. The maximum Gasteiger partial charge on any atom is 0.243 e. The van der Waals surface area contributed by atoms with Crippen LogP contribution in [0.1, 0.15) is 18.1 Å². The van der Waals surface area contributed by atoms with Gasteiger partial charge in [-0.05, 0) is 50.6 Å². The van der Waals surface area contributed by atoms with Crippen molar-refractivity contribution in [2.24, 2.45) is 0 Å². The van der Waals surface area contributed by atoms with E-state index in [0.29, 0.717) is 18.0 Å². The van der Waals surface area contributed by atoms with Crippen LogP contribution in [0, 0.1) is 13.8 Å². The van der Waals surface area contributed by atoms with E-state index in [1.165, 1.54) is 9.87 Å². The summed E-state index contributed by atoms with van der Waals surface area (Å²) in [7, 11) is -3.59. The Bertz CT molecular complexity index is 880. The Labute approximate surface area is 166 Å². The first-order valence-corrected chi connectivity index (χ1v) is 11.5. The fourth-order valence-corrected chi connectivity index (χ4v) is 4.63. The molecule has 1 amide bonds. The van der Waals surface area contributed by atoms with Gasteiger partial charge in [-0.3, -0.25) is 9.10 Å². The minimum atomic E-state index is -3.59. The SMILES string of the molecule is Cc1ccc(SCCNC(=O)[C@@H](C)N(c2cccc(C)c2)S(C)(=O)=O)cc1. The van der Waals surface area contributed by atoms with Crippen LogP contribution in [0.15, 0.2) is 53.4 Å². The number of amides is 1. The summed E-state index contributed by atoms with van der Waals surface area (Å²) in [6.45, 7) is 5.99. The molecule has 0 unspecified atom stereocenters. The predicted molar refractivity (Wildman–Crippen MR) is 113 cm³/mol. The summed E-state index contributed by atoms with van der Waals surface area (Å²) >= 11 is 1.65. The van der Waals surface area contributed by atoms with Gasteiger partial charge in [-0.2, -0.15) is 0 Å². The first kappa shape index (κ1) is 21.3. The van der Waals surface area contributed by atoms with Crippen molar-refractivity contribution >= 4 is 33.4 Å². The van der Waals surface area contributed by atoms with Crippen LogP contribution in [0.4, 0.5) is 5.69 Å². The number of aryl methyl sites for hydroxylation is 2. The number of carbonyl (C=O) groups is 1. The standard InChI is InChI=1S/C20H26N2O3S2/c1-15-8-10-19(11-9-15)26-13-12-21-20(23)17(3)22(27(4,24)25)18-7-5-6-16(2)14-18/h5-11,14,17H,12-13H2,1-4H3,(H,21,23)/t17-/m1/s1.